The molecule has 4 heterocycles. The van der Waals surface area contributed by atoms with Crippen molar-refractivity contribution >= 4 is 26.7 Å². The van der Waals surface area contributed by atoms with Crippen molar-refractivity contribution in [2.45, 2.75) is 42.7 Å². The second-order valence-corrected chi connectivity index (χ2v) is 10.0. The Hall–Kier alpha value is -2.42. The molecule has 8 heteroatoms. The fourth-order valence-corrected chi connectivity index (χ4v) is 5.99. The van der Waals surface area contributed by atoms with E-state index in [1.807, 2.05) is 17.0 Å². The number of hydrogen-bond donors (Lipinski definition) is 2. The smallest absolute Gasteiger partial charge is 0.268 e. The molecule has 0 saturated carbocycles. The third-order valence-electron chi connectivity index (χ3n) is 6.13. The molecule has 2 aromatic heterocycles. The lowest BCUT2D eigenvalue weighted by molar-refractivity contribution is 0.198. The number of hydrogen-bond acceptors (Lipinski definition) is 6. The minimum atomic E-state index is -3.78. The number of pyridine rings is 1. The molecule has 0 aliphatic carbocycles. The zero-order valence-electron chi connectivity index (χ0n) is 16.7. The molecule has 2 fully saturated rings. The maximum atomic E-state index is 13.6. The van der Waals surface area contributed by atoms with Crippen LogP contribution in [0.4, 0.5) is 5.69 Å². The predicted molar refractivity (Wildman–Crippen MR) is 116 cm³/mol. The van der Waals surface area contributed by atoms with E-state index in [0.717, 1.165) is 49.1 Å². The standard InChI is InChI=1S/C22H26N4O3S/c27-19-8-11-25(15-19)18-5-1-6-20(13-18)30(28,29)26-14-16(12-17-4-2-9-23-17)22-21(26)7-3-10-24-22/h1,3,5-7,10,13-14,17,19,23,27H,2,4,8-9,11-12,15H2/t17-,19-/m1/s1. The van der Waals surface area contributed by atoms with Gasteiger partial charge >= 0.3 is 0 Å². The number of nitrogens with one attached hydrogen (secondary N) is 1. The molecule has 2 atom stereocenters. The molecule has 2 N–H and O–H groups in total. The number of aliphatic hydroxyl groups excluding tert-OH is 1. The number of aliphatic hydroxyl groups is 1. The Balaban J connectivity index is 1.54. The summed E-state index contributed by atoms with van der Waals surface area (Å²) in [5.74, 6) is 0. The van der Waals surface area contributed by atoms with E-state index in [9.17, 15) is 13.5 Å². The average Bonchev–Trinajstić information content (AvgIpc) is 3.49. The third-order valence-corrected chi connectivity index (χ3v) is 7.80. The van der Waals surface area contributed by atoms with Crippen LogP contribution in [0.1, 0.15) is 24.8 Å². The lowest BCUT2D eigenvalue weighted by Crippen LogP contribution is -2.23. The molecule has 1 aromatic carbocycles. The highest BCUT2D eigenvalue weighted by Gasteiger charge is 2.26. The van der Waals surface area contributed by atoms with Gasteiger partial charge in [0.05, 0.1) is 22.0 Å². The van der Waals surface area contributed by atoms with Crippen LogP contribution in [-0.4, -0.2) is 54.3 Å². The molecule has 0 radical (unpaired) electrons. The summed E-state index contributed by atoms with van der Waals surface area (Å²) in [6, 6.07) is 10.9. The van der Waals surface area contributed by atoms with Gasteiger partial charge in [-0.1, -0.05) is 6.07 Å². The van der Waals surface area contributed by atoms with Crippen LogP contribution in [0.5, 0.6) is 0 Å². The first-order valence-electron chi connectivity index (χ1n) is 10.5. The van der Waals surface area contributed by atoms with Gasteiger partial charge in [0.15, 0.2) is 0 Å². The quantitative estimate of drug-likeness (QED) is 0.650. The maximum absolute atomic E-state index is 13.6. The van der Waals surface area contributed by atoms with Crippen LogP contribution in [0.2, 0.25) is 0 Å². The Morgan fingerprint density at radius 1 is 1.20 bits per heavy atom. The van der Waals surface area contributed by atoms with E-state index < -0.39 is 10.0 Å². The van der Waals surface area contributed by atoms with Crippen molar-refractivity contribution < 1.29 is 13.5 Å². The molecule has 7 nitrogen and oxygen atoms in total. The Morgan fingerprint density at radius 2 is 2.10 bits per heavy atom. The number of benzene rings is 1. The Kier molecular flexibility index (Phi) is 5.00. The Morgan fingerprint density at radius 3 is 2.87 bits per heavy atom. The van der Waals surface area contributed by atoms with Gasteiger partial charge in [-0.3, -0.25) is 4.98 Å². The normalized spacial score (nSPS) is 22.2. The number of rotatable bonds is 5. The van der Waals surface area contributed by atoms with E-state index in [0.29, 0.717) is 24.5 Å². The average molecular weight is 427 g/mol. The van der Waals surface area contributed by atoms with Gasteiger partial charge < -0.3 is 15.3 Å². The first-order chi connectivity index (χ1) is 14.5. The number of fused-ring (bicyclic) bond motifs is 1. The zero-order valence-corrected chi connectivity index (χ0v) is 17.6. The van der Waals surface area contributed by atoms with Gasteiger partial charge in [0.2, 0.25) is 0 Å². The highest BCUT2D eigenvalue weighted by Crippen LogP contribution is 2.29. The minimum Gasteiger partial charge on any atom is -0.391 e. The van der Waals surface area contributed by atoms with Crippen LogP contribution in [0.25, 0.3) is 11.0 Å². The van der Waals surface area contributed by atoms with Crippen molar-refractivity contribution in [3.63, 3.8) is 0 Å². The largest absolute Gasteiger partial charge is 0.391 e. The Bertz CT molecular complexity index is 1170. The van der Waals surface area contributed by atoms with Crippen molar-refractivity contribution in [3.05, 3.63) is 54.4 Å². The molecule has 0 amide bonds. The van der Waals surface area contributed by atoms with E-state index in [4.69, 9.17) is 0 Å². The summed E-state index contributed by atoms with van der Waals surface area (Å²) in [5.41, 5.74) is 3.12. The monoisotopic (exact) mass is 426 g/mol. The van der Waals surface area contributed by atoms with Crippen LogP contribution in [-0.2, 0) is 16.4 Å². The number of anilines is 1. The summed E-state index contributed by atoms with van der Waals surface area (Å²) >= 11 is 0. The molecule has 2 saturated heterocycles. The van der Waals surface area contributed by atoms with Gasteiger partial charge in [-0.05, 0) is 68.1 Å². The summed E-state index contributed by atoms with van der Waals surface area (Å²) < 4.78 is 28.5. The van der Waals surface area contributed by atoms with Crippen molar-refractivity contribution in [3.8, 4) is 0 Å². The van der Waals surface area contributed by atoms with Crippen LogP contribution in [0, 0.1) is 0 Å². The molecule has 0 unspecified atom stereocenters. The summed E-state index contributed by atoms with van der Waals surface area (Å²) in [4.78, 5) is 6.76. The number of nitrogens with zero attached hydrogens (tertiary/aromatic N) is 3. The molecular formula is C22H26N4O3S. The second-order valence-electron chi connectivity index (χ2n) is 8.21. The molecule has 0 bridgehead atoms. The zero-order chi connectivity index (χ0) is 20.7. The van der Waals surface area contributed by atoms with E-state index in [-0.39, 0.29) is 11.0 Å². The summed E-state index contributed by atoms with van der Waals surface area (Å²) in [6.45, 7) is 2.25. The van der Waals surface area contributed by atoms with Crippen LogP contribution < -0.4 is 10.2 Å². The molecular weight excluding hydrogens is 400 g/mol. The van der Waals surface area contributed by atoms with E-state index in [2.05, 4.69) is 10.3 Å². The first kappa shape index (κ1) is 19.5. The van der Waals surface area contributed by atoms with Gasteiger partial charge in [-0.2, -0.15) is 0 Å². The molecule has 5 rings (SSSR count). The SMILES string of the molecule is O=S(=O)(c1cccc(N2CC[C@@H](O)C2)c1)n1cc(C[C@H]2CCCN2)c2ncccc21. The predicted octanol–water partition coefficient (Wildman–Crippen LogP) is 2.14. The first-order valence-corrected chi connectivity index (χ1v) is 11.9. The lowest BCUT2D eigenvalue weighted by atomic mass is 10.1. The molecule has 2 aliphatic heterocycles. The molecule has 158 valence electrons. The van der Waals surface area contributed by atoms with Gasteiger partial charge in [0, 0.05) is 37.2 Å². The highest BCUT2D eigenvalue weighted by atomic mass is 32.2. The summed E-state index contributed by atoms with van der Waals surface area (Å²) in [7, 11) is -3.78. The van der Waals surface area contributed by atoms with Crippen molar-refractivity contribution in [2.75, 3.05) is 24.5 Å². The van der Waals surface area contributed by atoms with E-state index in [1.54, 1.807) is 36.7 Å². The fraction of sp³-hybridized carbons (Fsp3) is 0.409. The fourth-order valence-electron chi connectivity index (χ4n) is 4.57. The van der Waals surface area contributed by atoms with Gasteiger partial charge in [0.25, 0.3) is 10.0 Å². The Labute approximate surface area is 176 Å². The molecule has 0 spiro atoms. The van der Waals surface area contributed by atoms with Crippen molar-refractivity contribution in [2.24, 2.45) is 0 Å². The van der Waals surface area contributed by atoms with Gasteiger partial charge in [-0.15, -0.1) is 0 Å². The summed E-state index contributed by atoms with van der Waals surface area (Å²) in [6.07, 6.45) is 6.79. The molecule has 2 aliphatic rings. The van der Waals surface area contributed by atoms with Crippen LogP contribution in [0.3, 0.4) is 0 Å². The summed E-state index contributed by atoms with van der Waals surface area (Å²) in [5, 5.41) is 13.3. The van der Waals surface area contributed by atoms with E-state index >= 15 is 0 Å². The van der Waals surface area contributed by atoms with Gasteiger partial charge in [0.1, 0.15) is 0 Å². The molecule has 3 aromatic rings. The van der Waals surface area contributed by atoms with Crippen LogP contribution in [0.15, 0.2) is 53.7 Å². The van der Waals surface area contributed by atoms with Crippen molar-refractivity contribution in [1.29, 1.82) is 0 Å². The topological polar surface area (TPSA) is 87.5 Å². The lowest BCUT2D eigenvalue weighted by Gasteiger charge is -2.18. The second kappa shape index (κ2) is 7.68. The van der Waals surface area contributed by atoms with Crippen molar-refractivity contribution in [1.82, 2.24) is 14.3 Å². The van der Waals surface area contributed by atoms with Crippen LogP contribution >= 0.6 is 0 Å². The third kappa shape index (κ3) is 3.49. The number of aromatic nitrogens is 2. The molecule has 30 heavy (non-hydrogen) atoms. The van der Waals surface area contributed by atoms with Gasteiger partial charge in [-0.25, -0.2) is 12.4 Å². The number of β-amino-alcohol motifs (C(OH)–C–C–N with tert-alkyl or cyclic N) is 1. The maximum Gasteiger partial charge on any atom is 0.268 e. The van der Waals surface area contributed by atoms with E-state index in [1.165, 1.54) is 3.97 Å². The highest BCUT2D eigenvalue weighted by molar-refractivity contribution is 7.90. The minimum absolute atomic E-state index is 0.243.